The average Bonchev–Trinajstić information content (AvgIpc) is 2.59. The molecule has 0 spiro atoms. The standard InChI is InChI=1S/C11H10Cl2N2O2/c1-14-6-10(17-2)15(11(14)16)7-3-4-8(12)9(13)5-7/h3-6H,1-2H3. The maximum atomic E-state index is 11.9. The number of benzene rings is 1. The Balaban J connectivity index is 2.67. The fourth-order valence-electron chi connectivity index (χ4n) is 1.54. The van der Waals surface area contributed by atoms with Gasteiger partial charge in [-0.05, 0) is 18.2 Å². The second kappa shape index (κ2) is 4.47. The molecular formula is C11H10Cl2N2O2. The molecule has 0 saturated heterocycles. The molecular weight excluding hydrogens is 263 g/mol. The molecule has 0 amide bonds. The highest BCUT2D eigenvalue weighted by atomic mass is 35.5. The van der Waals surface area contributed by atoms with Crippen LogP contribution < -0.4 is 10.4 Å². The first kappa shape index (κ1) is 12.1. The van der Waals surface area contributed by atoms with Gasteiger partial charge in [0.05, 0.1) is 29.0 Å². The number of nitrogens with zero attached hydrogens (tertiary/aromatic N) is 2. The van der Waals surface area contributed by atoms with Gasteiger partial charge in [-0.2, -0.15) is 0 Å². The molecule has 0 fully saturated rings. The Morgan fingerprint density at radius 1 is 1.24 bits per heavy atom. The van der Waals surface area contributed by atoms with Gasteiger partial charge in [0.2, 0.25) is 5.88 Å². The van der Waals surface area contributed by atoms with Crippen LogP contribution >= 0.6 is 23.2 Å². The van der Waals surface area contributed by atoms with E-state index in [1.54, 1.807) is 31.4 Å². The fourth-order valence-corrected chi connectivity index (χ4v) is 1.83. The normalized spacial score (nSPS) is 10.6. The summed E-state index contributed by atoms with van der Waals surface area (Å²) in [5.74, 6) is 0.441. The van der Waals surface area contributed by atoms with Crippen LogP contribution in [0.2, 0.25) is 10.0 Å². The zero-order chi connectivity index (χ0) is 12.6. The molecule has 1 aromatic carbocycles. The van der Waals surface area contributed by atoms with E-state index >= 15 is 0 Å². The highest BCUT2D eigenvalue weighted by Gasteiger charge is 2.12. The second-order valence-electron chi connectivity index (χ2n) is 3.50. The van der Waals surface area contributed by atoms with Crippen molar-refractivity contribution in [1.29, 1.82) is 0 Å². The molecule has 0 aliphatic rings. The number of aryl methyl sites for hydroxylation is 1. The van der Waals surface area contributed by atoms with Gasteiger partial charge in [-0.25, -0.2) is 9.36 Å². The lowest BCUT2D eigenvalue weighted by molar-refractivity contribution is 0.388. The van der Waals surface area contributed by atoms with E-state index in [4.69, 9.17) is 27.9 Å². The van der Waals surface area contributed by atoms with Gasteiger partial charge in [0, 0.05) is 7.05 Å². The van der Waals surface area contributed by atoms with Gasteiger partial charge < -0.3 is 4.74 Å². The van der Waals surface area contributed by atoms with E-state index in [2.05, 4.69) is 0 Å². The van der Waals surface area contributed by atoms with Crippen LogP contribution in [0.15, 0.2) is 29.2 Å². The van der Waals surface area contributed by atoms with E-state index in [1.165, 1.54) is 16.2 Å². The molecule has 17 heavy (non-hydrogen) atoms. The smallest absolute Gasteiger partial charge is 0.335 e. The number of imidazole rings is 1. The Kier molecular flexibility index (Phi) is 3.17. The molecule has 0 aliphatic heterocycles. The van der Waals surface area contributed by atoms with E-state index in [0.29, 0.717) is 21.6 Å². The molecule has 0 aliphatic carbocycles. The summed E-state index contributed by atoms with van der Waals surface area (Å²) < 4.78 is 7.99. The minimum atomic E-state index is -0.208. The van der Waals surface area contributed by atoms with Gasteiger partial charge in [-0.1, -0.05) is 23.2 Å². The molecule has 90 valence electrons. The van der Waals surface area contributed by atoms with Gasteiger partial charge in [0.15, 0.2) is 0 Å². The molecule has 0 N–H and O–H groups in total. The first-order chi connectivity index (χ1) is 8.04. The third-order valence-corrected chi connectivity index (χ3v) is 3.13. The predicted molar refractivity (Wildman–Crippen MR) is 67.6 cm³/mol. The maximum absolute atomic E-state index is 11.9. The Morgan fingerprint density at radius 2 is 1.94 bits per heavy atom. The first-order valence-electron chi connectivity index (χ1n) is 4.82. The lowest BCUT2D eigenvalue weighted by atomic mass is 10.3. The van der Waals surface area contributed by atoms with Crippen molar-refractivity contribution in [3.8, 4) is 11.6 Å². The van der Waals surface area contributed by atoms with Crippen molar-refractivity contribution in [2.24, 2.45) is 7.05 Å². The van der Waals surface area contributed by atoms with E-state index in [1.807, 2.05) is 0 Å². The molecule has 0 bridgehead atoms. The van der Waals surface area contributed by atoms with Crippen molar-refractivity contribution in [3.05, 3.63) is 44.9 Å². The zero-order valence-electron chi connectivity index (χ0n) is 9.28. The lowest BCUT2D eigenvalue weighted by Crippen LogP contribution is -2.21. The van der Waals surface area contributed by atoms with Crippen LogP contribution in [0.3, 0.4) is 0 Å². The monoisotopic (exact) mass is 272 g/mol. The number of rotatable bonds is 2. The first-order valence-corrected chi connectivity index (χ1v) is 5.58. The van der Waals surface area contributed by atoms with Gasteiger partial charge in [0.25, 0.3) is 0 Å². The average molecular weight is 273 g/mol. The van der Waals surface area contributed by atoms with Crippen molar-refractivity contribution < 1.29 is 4.74 Å². The SMILES string of the molecule is COc1cn(C)c(=O)n1-c1ccc(Cl)c(Cl)c1. The van der Waals surface area contributed by atoms with Gasteiger partial charge >= 0.3 is 5.69 Å². The van der Waals surface area contributed by atoms with Crippen LogP contribution in [-0.2, 0) is 7.05 Å². The molecule has 0 atom stereocenters. The Morgan fingerprint density at radius 3 is 2.53 bits per heavy atom. The van der Waals surface area contributed by atoms with E-state index in [0.717, 1.165) is 0 Å². The summed E-state index contributed by atoms with van der Waals surface area (Å²) in [7, 11) is 3.15. The minimum absolute atomic E-state index is 0.208. The van der Waals surface area contributed by atoms with Gasteiger partial charge in [-0.3, -0.25) is 4.57 Å². The summed E-state index contributed by atoms with van der Waals surface area (Å²) in [5.41, 5.74) is 0.405. The summed E-state index contributed by atoms with van der Waals surface area (Å²) >= 11 is 11.8. The van der Waals surface area contributed by atoms with Crippen LogP contribution in [0.1, 0.15) is 0 Å². The lowest BCUT2D eigenvalue weighted by Gasteiger charge is -2.06. The molecule has 0 radical (unpaired) electrons. The Hall–Kier alpha value is -1.39. The highest BCUT2D eigenvalue weighted by molar-refractivity contribution is 6.42. The van der Waals surface area contributed by atoms with Crippen LogP contribution in [0.4, 0.5) is 0 Å². The Bertz CT molecular complexity index is 616. The Labute approximate surface area is 108 Å². The summed E-state index contributed by atoms with van der Waals surface area (Å²) in [6.45, 7) is 0. The number of hydrogen-bond acceptors (Lipinski definition) is 2. The summed E-state index contributed by atoms with van der Waals surface area (Å²) in [4.78, 5) is 11.9. The number of methoxy groups -OCH3 is 1. The van der Waals surface area contributed by atoms with E-state index < -0.39 is 0 Å². The molecule has 1 heterocycles. The zero-order valence-corrected chi connectivity index (χ0v) is 10.8. The summed E-state index contributed by atoms with van der Waals surface area (Å²) in [6, 6.07) is 4.96. The van der Waals surface area contributed by atoms with E-state index in [9.17, 15) is 4.79 Å². The predicted octanol–water partition coefficient (Wildman–Crippen LogP) is 2.49. The summed E-state index contributed by atoms with van der Waals surface area (Å²) in [6.07, 6.45) is 1.60. The molecule has 2 rings (SSSR count). The fraction of sp³-hybridized carbons (Fsp3) is 0.182. The largest absolute Gasteiger partial charge is 0.481 e. The van der Waals surface area contributed by atoms with Crippen LogP contribution in [-0.4, -0.2) is 16.2 Å². The topological polar surface area (TPSA) is 36.2 Å². The van der Waals surface area contributed by atoms with Crippen LogP contribution in [0.5, 0.6) is 5.88 Å². The van der Waals surface area contributed by atoms with Crippen LogP contribution in [0, 0.1) is 0 Å². The summed E-state index contributed by atoms with van der Waals surface area (Å²) in [5, 5.41) is 0.834. The van der Waals surface area contributed by atoms with Crippen LogP contribution in [0.25, 0.3) is 5.69 Å². The second-order valence-corrected chi connectivity index (χ2v) is 4.31. The van der Waals surface area contributed by atoms with Crippen molar-refractivity contribution in [2.75, 3.05) is 7.11 Å². The van der Waals surface area contributed by atoms with Gasteiger partial charge in [0.1, 0.15) is 0 Å². The van der Waals surface area contributed by atoms with E-state index in [-0.39, 0.29) is 5.69 Å². The highest BCUT2D eigenvalue weighted by Crippen LogP contribution is 2.25. The molecule has 0 unspecified atom stereocenters. The quantitative estimate of drug-likeness (QED) is 0.842. The number of hydrogen-bond donors (Lipinski definition) is 0. The molecule has 2 aromatic rings. The number of ether oxygens (including phenoxy) is 1. The minimum Gasteiger partial charge on any atom is -0.481 e. The molecule has 1 aromatic heterocycles. The number of halogens is 2. The molecule has 0 saturated carbocycles. The third-order valence-electron chi connectivity index (χ3n) is 2.39. The van der Waals surface area contributed by atoms with Crippen molar-refractivity contribution in [1.82, 2.24) is 9.13 Å². The van der Waals surface area contributed by atoms with Crippen molar-refractivity contribution >= 4 is 23.2 Å². The van der Waals surface area contributed by atoms with Gasteiger partial charge in [-0.15, -0.1) is 0 Å². The molecule has 6 heteroatoms. The molecule has 4 nitrogen and oxygen atoms in total. The van der Waals surface area contributed by atoms with Crippen molar-refractivity contribution in [3.63, 3.8) is 0 Å². The van der Waals surface area contributed by atoms with Crippen molar-refractivity contribution in [2.45, 2.75) is 0 Å². The number of aromatic nitrogens is 2. The maximum Gasteiger partial charge on any atom is 0.335 e. The third kappa shape index (κ3) is 2.06.